The topological polar surface area (TPSA) is 72.2 Å². The second kappa shape index (κ2) is 5.95. The Morgan fingerprint density at radius 3 is 2.32 bits per heavy atom. The molecule has 0 heterocycles. The summed E-state index contributed by atoms with van der Waals surface area (Å²) in [6.45, 7) is 8.20. The summed E-state index contributed by atoms with van der Waals surface area (Å²) in [5, 5.41) is 2.81. The average Bonchev–Trinajstić information content (AvgIpc) is 2.96. The summed E-state index contributed by atoms with van der Waals surface area (Å²) in [7, 11) is 0. The van der Waals surface area contributed by atoms with Crippen molar-refractivity contribution < 1.29 is 9.59 Å². The van der Waals surface area contributed by atoms with E-state index in [2.05, 4.69) is 25.2 Å². The number of hydrogen-bond donors (Lipinski definition) is 2. The van der Waals surface area contributed by atoms with Crippen molar-refractivity contribution in [3.05, 3.63) is 47.5 Å². The van der Waals surface area contributed by atoms with Gasteiger partial charge in [-0.25, -0.2) is 0 Å². The van der Waals surface area contributed by atoms with Crippen LogP contribution in [0, 0.1) is 17.3 Å². The van der Waals surface area contributed by atoms with E-state index >= 15 is 0 Å². The summed E-state index contributed by atoms with van der Waals surface area (Å²) in [5.41, 5.74) is 7.28. The van der Waals surface area contributed by atoms with Gasteiger partial charge in [0.25, 0.3) is 0 Å². The van der Waals surface area contributed by atoms with Crippen molar-refractivity contribution in [2.24, 2.45) is 23.0 Å². The van der Waals surface area contributed by atoms with E-state index in [0.717, 1.165) is 0 Å². The van der Waals surface area contributed by atoms with Gasteiger partial charge in [-0.05, 0) is 30.7 Å². The molecule has 118 valence electrons. The Labute approximate surface area is 131 Å². The fourth-order valence-electron chi connectivity index (χ4n) is 3.04. The van der Waals surface area contributed by atoms with Crippen LogP contribution in [-0.2, 0) is 9.59 Å². The maximum absolute atomic E-state index is 12.6. The zero-order valence-corrected chi connectivity index (χ0v) is 13.6. The summed E-state index contributed by atoms with van der Waals surface area (Å²) in [4.78, 5) is 24.2. The molecule has 0 spiro atoms. The molecule has 0 aliphatic heterocycles. The zero-order valence-electron chi connectivity index (χ0n) is 13.6. The predicted molar refractivity (Wildman–Crippen MR) is 86.7 cm³/mol. The highest BCUT2D eigenvalue weighted by atomic mass is 16.2. The van der Waals surface area contributed by atoms with E-state index in [1.807, 2.05) is 32.0 Å². The van der Waals surface area contributed by atoms with E-state index in [0.29, 0.717) is 5.56 Å². The number of rotatable bonds is 5. The molecule has 1 fully saturated rings. The minimum atomic E-state index is -0.780. The van der Waals surface area contributed by atoms with Crippen LogP contribution in [0.4, 0.5) is 0 Å². The first-order valence-corrected chi connectivity index (χ1v) is 7.54. The summed E-state index contributed by atoms with van der Waals surface area (Å²) >= 11 is 0. The van der Waals surface area contributed by atoms with Gasteiger partial charge in [-0.1, -0.05) is 55.8 Å². The van der Waals surface area contributed by atoms with Crippen LogP contribution in [0.2, 0.25) is 0 Å². The van der Waals surface area contributed by atoms with Crippen LogP contribution in [0.25, 0.3) is 0 Å². The number of hydrogen-bond acceptors (Lipinski definition) is 2. The van der Waals surface area contributed by atoms with Gasteiger partial charge >= 0.3 is 0 Å². The van der Waals surface area contributed by atoms with Gasteiger partial charge in [0.2, 0.25) is 11.8 Å². The molecule has 2 amide bonds. The largest absolute Gasteiger partial charge is 0.368 e. The molecule has 0 bridgehead atoms. The number of nitrogens with one attached hydrogen (secondary N) is 1. The summed E-state index contributed by atoms with van der Waals surface area (Å²) in [6.07, 6.45) is 2.13. The molecule has 1 aliphatic rings. The van der Waals surface area contributed by atoms with Crippen molar-refractivity contribution in [3.8, 4) is 0 Å². The van der Waals surface area contributed by atoms with Crippen LogP contribution < -0.4 is 11.1 Å². The van der Waals surface area contributed by atoms with Gasteiger partial charge in [0, 0.05) is 0 Å². The standard InChI is InChI=1S/C18H24N2O2/c1-11(2)10-13-14(18(13,3)4)17(22)20-15(16(19)21)12-8-6-5-7-9-12/h5-10,13-15H,1-4H3,(H2,19,21)(H,20,22)/t13-,14+,15-/m1/s1. The first kappa shape index (κ1) is 16.3. The Hall–Kier alpha value is -2.10. The maximum Gasteiger partial charge on any atom is 0.244 e. The van der Waals surface area contributed by atoms with Crippen molar-refractivity contribution in [1.29, 1.82) is 0 Å². The average molecular weight is 300 g/mol. The van der Waals surface area contributed by atoms with Crippen molar-refractivity contribution in [2.45, 2.75) is 33.7 Å². The van der Waals surface area contributed by atoms with Gasteiger partial charge in [-0.3, -0.25) is 9.59 Å². The smallest absolute Gasteiger partial charge is 0.244 e. The third-order valence-electron chi connectivity index (χ3n) is 4.41. The number of carbonyl (C=O) groups is 2. The molecule has 1 aromatic carbocycles. The quantitative estimate of drug-likeness (QED) is 0.820. The van der Waals surface area contributed by atoms with Gasteiger partial charge in [0.15, 0.2) is 0 Å². The van der Waals surface area contributed by atoms with Crippen LogP contribution in [0.1, 0.15) is 39.3 Å². The summed E-state index contributed by atoms with van der Waals surface area (Å²) in [5.74, 6) is -0.563. The first-order chi connectivity index (χ1) is 10.2. The molecule has 3 atom stereocenters. The Morgan fingerprint density at radius 2 is 1.82 bits per heavy atom. The van der Waals surface area contributed by atoms with E-state index in [-0.39, 0.29) is 23.2 Å². The minimum Gasteiger partial charge on any atom is -0.368 e. The number of nitrogens with two attached hydrogens (primary N) is 1. The third kappa shape index (κ3) is 3.21. The Kier molecular flexibility index (Phi) is 4.40. The van der Waals surface area contributed by atoms with Crippen molar-refractivity contribution >= 4 is 11.8 Å². The molecule has 1 saturated carbocycles. The molecule has 3 N–H and O–H groups in total. The fraction of sp³-hybridized carbons (Fsp3) is 0.444. The van der Waals surface area contributed by atoms with Crippen LogP contribution in [-0.4, -0.2) is 11.8 Å². The number of carbonyl (C=O) groups excluding carboxylic acids is 2. The Balaban J connectivity index is 2.14. The van der Waals surface area contributed by atoms with Crippen molar-refractivity contribution in [1.82, 2.24) is 5.32 Å². The van der Waals surface area contributed by atoms with Crippen molar-refractivity contribution in [3.63, 3.8) is 0 Å². The molecule has 0 aromatic heterocycles. The van der Waals surface area contributed by atoms with E-state index in [4.69, 9.17) is 5.73 Å². The molecule has 4 heteroatoms. The van der Waals surface area contributed by atoms with Crippen LogP contribution in [0.5, 0.6) is 0 Å². The molecule has 0 saturated heterocycles. The van der Waals surface area contributed by atoms with Gasteiger partial charge in [-0.2, -0.15) is 0 Å². The highest BCUT2D eigenvalue weighted by Gasteiger charge is 2.60. The normalized spacial score (nSPS) is 23.3. The predicted octanol–water partition coefficient (Wildman–Crippen LogP) is 2.57. The molecular formula is C18H24N2O2. The van der Waals surface area contributed by atoms with Crippen LogP contribution in [0.3, 0.4) is 0 Å². The zero-order chi connectivity index (χ0) is 16.5. The lowest BCUT2D eigenvalue weighted by atomic mass is 10.1. The SMILES string of the molecule is CC(C)=C[C@@H]1[C@@H](C(=O)N[C@@H](C(N)=O)c2ccccc2)C1(C)C. The minimum absolute atomic E-state index is 0.0831. The maximum atomic E-state index is 12.6. The lowest BCUT2D eigenvalue weighted by Gasteiger charge is -2.16. The number of amides is 2. The van der Waals surface area contributed by atoms with Crippen molar-refractivity contribution in [2.75, 3.05) is 0 Å². The second-order valence-electron chi connectivity index (χ2n) is 6.82. The third-order valence-corrected chi connectivity index (χ3v) is 4.41. The summed E-state index contributed by atoms with van der Waals surface area (Å²) in [6, 6.07) is 8.31. The summed E-state index contributed by atoms with van der Waals surface area (Å²) < 4.78 is 0. The monoisotopic (exact) mass is 300 g/mol. The first-order valence-electron chi connectivity index (χ1n) is 7.54. The number of primary amides is 1. The van der Waals surface area contributed by atoms with Crippen LogP contribution in [0.15, 0.2) is 42.0 Å². The number of allylic oxidation sites excluding steroid dienone is 2. The Morgan fingerprint density at radius 1 is 1.23 bits per heavy atom. The van der Waals surface area contributed by atoms with E-state index < -0.39 is 11.9 Å². The molecule has 0 radical (unpaired) electrons. The molecule has 4 nitrogen and oxygen atoms in total. The van der Waals surface area contributed by atoms with Gasteiger partial charge in [-0.15, -0.1) is 0 Å². The number of benzene rings is 1. The molecular weight excluding hydrogens is 276 g/mol. The van der Waals surface area contributed by atoms with Gasteiger partial charge < -0.3 is 11.1 Å². The van der Waals surface area contributed by atoms with Gasteiger partial charge in [0.1, 0.15) is 6.04 Å². The molecule has 2 rings (SSSR count). The van der Waals surface area contributed by atoms with Crippen LogP contribution >= 0.6 is 0 Å². The molecule has 22 heavy (non-hydrogen) atoms. The van der Waals surface area contributed by atoms with E-state index in [1.54, 1.807) is 12.1 Å². The Bertz CT molecular complexity index is 601. The molecule has 1 aromatic rings. The highest BCUT2D eigenvalue weighted by molar-refractivity contribution is 5.90. The van der Waals surface area contributed by atoms with Gasteiger partial charge in [0.05, 0.1) is 5.92 Å². The molecule has 1 aliphatic carbocycles. The highest BCUT2D eigenvalue weighted by Crippen LogP contribution is 2.59. The fourth-order valence-corrected chi connectivity index (χ4v) is 3.04. The lowest BCUT2D eigenvalue weighted by Crippen LogP contribution is -2.39. The van der Waals surface area contributed by atoms with E-state index in [9.17, 15) is 9.59 Å². The van der Waals surface area contributed by atoms with E-state index in [1.165, 1.54) is 5.57 Å². The second-order valence-corrected chi connectivity index (χ2v) is 6.82. The molecule has 0 unspecified atom stereocenters. The lowest BCUT2D eigenvalue weighted by molar-refractivity contribution is -0.128.